The summed E-state index contributed by atoms with van der Waals surface area (Å²) in [6.07, 6.45) is 0.711. The van der Waals surface area contributed by atoms with Crippen LogP contribution in [0.3, 0.4) is 0 Å². The van der Waals surface area contributed by atoms with E-state index in [0.29, 0.717) is 6.42 Å². The molecule has 43 valence electrons. The fraction of sp³-hybridized carbons (Fsp3) is 0.400. The van der Waals surface area contributed by atoms with Crippen LogP contribution in [0.15, 0.2) is 0 Å². The largest absolute Gasteiger partial charge is 0.197 e. The van der Waals surface area contributed by atoms with Crippen molar-refractivity contribution in [3.8, 4) is 0 Å². The van der Waals surface area contributed by atoms with Crippen molar-refractivity contribution in [2.75, 3.05) is 0 Å². The number of H-pyrrole nitrogens is 1. The maximum Gasteiger partial charge on any atom is 0.0853 e. The first-order valence-electron chi connectivity index (χ1n) is 2.50. The average molecular weight is 110 g/mol. The molecule has 0 saturated heterocycles. The van der Waals surface area contributed by atoms with Gasteiger partial charge in [0.05, 0.1) is 11.4 Å². The summed E-state index contributed by atoms with van der Waals surface area (Å²) in [6.45, 7) is 5.57. The standard InChI is InChI=1S/C5H8N3/c1-3-5-4(2)6-8-7-5/h1,3H2,2H3,(H,6,7,8). The van der Waals surface area contributed by atoms with Crippen molar-refractivity contribution in [1.29, 1.82) is 0 Å². The second-order valence-electron chi connectivity index (χ2n) is 1.61. The molecule has 0 aliphatic rings. The normalized spacial score (nSPS) is 9.75. The summed E-state index contributed by atoms with van der Waals surface area (Å²) in [7, 11) is 0. The molecule has 1 N–H and O–H groups in total. The molecule has 1 heterocycles. The number of aromatic nitrogens is 3. The number of nitrogens with one attached hydrogen (secondary N) is 1. The Kier molecular flexibility index (Phi) is 1.28. The second kappa shape index (κ2) is 1.94. The van der Waals surface area contributed by atoms with Crippen LogP contribution in [0, 0.1) is 13.8 Å². The van der Waals surface area contributed by atoms with Crippen molar-refractivity contribution < 1.29 is 0 Å². The van der Waals surface area contributed by atoms with Crippen molar-refractivity contribution >= 4 is 0 Å². The molecule has 0 unspecified atom stereocenters. The van der Waals surface area contributed by atoms with Crippen LogP contribution < -0.4 is 0 Å². The number of rotatable bonds is 1. The molecule has 1 rings (SSSR count). The lowest BCUT2D eigenvalue weighted by Gasteiger charge is -1.82. The zero-order valence-corrected chi connectivity index (χ0v) is 4.81. The molecule has 3 nitrogen and oxygen atoms in total. The highest BCUT2D eigenvalue weighted by molar-refractivity contribution is 5.05. The summed E-state index contributed by atoms with van der Waals surface area (Å²) in [5.74, 6) is 0. The molecule has 0 spiro atoms. The molecule has 1 radical (unpaired) electrons. The minimum absolute atomic E-state index is 0.711. The van der Waals surface area contributed by atoms with Gasteiger partial charge >= 0.3 is 0 Å². The highest BCUT2D eigenvalue weighted by Crippen LogP contribution is 1.96. The van der Waals surface area contributed by atoms with E-state index in [-0.39, 0.29) is 0 Å². The summed E-state index contributed by atoms with van der Waals surface area (Å²) in [5, 5.41) is 10.2. The maximum absolute atomic E-state index is 3.84. The van der Waals surface area contributed by atoms with E-state index in [9.17, 15) is 0 Å². The van der Waals surface area contributed by atoms with Gasteiger partial charge in [0.25, 0.3) is 0 Å². The quantitative estimate of drug-likeness (QED) is 0.571. The van der Waals surface area contributed by atoms with Gasteiger partial charge in [-0.05, 0) is 20.3 Å². The number of aryl methyl sites for hydroxylation is 1. The molecule has 0 aliphatic heterocycles. The Morgan fingerprint density at radius 2 is 2.38 bits per heavy atom. The zero-order valence-electron chi connectivity index (χ0n) is 4.81. The molecule has 1 aromatic heterocycles. The van der Waals surface area contributed by atoms with Crippen LogP contribution in [0.25, 0.3) is 0 Å². The van der Waals surface area contributed by atoms with Gasteiger partial charge in [-0.3, -0.25) is 0 Å². The number of hydrogen-bond donors (Lipinski definition) is 1. The van der Waals surface area contributed by atoms with E-state index in [1.54, 1.807) is 0 Å². The monoisotopic (exact) mass is 110 g/mol. The van der Waals surface area contributed by atoms with Gasteiger partial charge in [0, 0.05) is 0 Å². The topological polar surface area (TPSA) is 41.6 Å². The summed E-state index contributed by atoms with van der Waals surface area (Å²) >= 11 is 0. The summed E-state index contributed by atoms with van der Waals surface area (Å²) in [6, 6.07) is 0. The molecule has 0 fully saturated rings. The average Bonchev–Trinajstić information content (AvgIpc) is 2.14. The molecule has 8 heavy (non-hydrogen) atoms. The van der Waals surface area contributed by atoms with E-state index >= 15 is 0 Å². The van der Waals surface area contributed by atoms with E-state index in [2.05, 4.69) is 22.3 Å². The van der Waals surface area contributed by atoms with Crippen LogP contribution >= 0.6 is 0 Å². The fourth-order valence-electron chi connectivity index (χ4n) is 0.543. The summed E-state index contributed by atoms with van der Waals surface area (Å²) in [5.41, 5.74) is 1.89. The van der Waals surface area contributed by atoms with Crippen LogP contribution in [-0.2, 0) is 6.42 Å². The Morgan fingerprint density at radius 1 is 1.62 bits per heavy atom. The first-order chi connectivity index (χ1) is 3.84. The van der Waals surface area contributed by atoms with Crippen molar-refractivity contribution in [3.05, 3.63) is 18.3 Å². The number of hydrogen-bond acceptors (Lipinski definition) is 2. The van der Waals surface area contributed by atoms with Gasteiger partial charge in [-0.25, -0.2) is 0 Å². The van der Waals surface area contributed by atoms with Crippen LogP contribution in [0.1, 0.15) is 11.4 Å². The Labute approximate surface area is 48.1 Å². The lowest BCUT2D eigenvalue weighted by atomic mass is 10.3. The summed E-state index contributed by atoms with van der Waals surface area (Å²) < 4.78 is 0. The van der Waals surface area contributed by atoms with Crippen LogP contribution in [0.5, 0.6) is 0 Å². The molecular formula is C5H8N3. The third-order valence-corrected chi connectivity index (χ3v) is 1.06. The van der Waals surface area contributed by atoms with E-state index in [0.717, 1.165) is 11.4 Å². The number of nitrogens with zero attached hydrogens (tertiary/aromatic N) is 2. The van der Waals surface area contributed by atoms with Gasteiger partial charge in [-0.15, -0.1) is 0 Å². The lowest BCUT2D eigenvalue weighted by Crippen LogP contribution is -1.81. The molecule has 0 aromatic carbocycles. The van der Waals surface area contributed by atoms with Crippen molar-refractivity contribution in [3.63, 3.8) is 0 Å². The first kappa shape index (κ1) is 5.28. The van der Waals surface area contributed by atoms with Crippen LogP contribution in [0.4, 0.5) is 0 Å². The van der Waals surface area contributed by atoms with E-state index in [1.165, 1.54) is 0 Å². The zero-order chi connectivity index (χ0) is 5.98. The predicted molar refractivity (Wildman–Crippen MR) is 30.2 cm³/mol. The van der Waals surface area contributed by atoms with Gasteiger partial charge in [0.15, 0.2) is 0 Å². The Hall–Kier alpha value is -0.860. The fourth-order valence-corrected chi connectivity index (χ4v) is 0.543. The minimum Gasteiger partial charge on any atom is -0.197 e. The van der Waals surface area contributed by atoms with E-state index < -0.39 is 0 Å². The highest BCUT2D eigenvalue weighted by atomic mass is 15.3. The molecule has 0 saturated carbocycles. The maximum atomic E-state index is 3.84. The Balaban J connectivity index is 2.92. The second-order valence-corrected chi connectivity index (χ2v) is 1.61. The molecule has 0 amide bonds. The number of aromatic amines is 1. The van der Waals surface area contributed by atoms with Crippen molar-refractivity contribution in [2.45, 2.75) is 13.3 Å². The SMILES string of the molecule is [CH2]Cc1n[nH]nc1C. The van der Waals surface area contributed by atoms with Crippen molar-refractivity contribution in [2.24, 2.45) is 0 Å². The highest BCUT2D eigenvalue weighted by Gasteiger charge is 1.95. The molecule has 0 bridgehead atoms. The van der Waals surface area contributed by atoms with Crippen LogP contribution in [0.2, 0.25) is 0 Å². The minimum atomic E-state index is 0.711. The van der Waals surface area contributed by atoms with E-state index in [1.807, 2.05) is 6.92 Å². The van der Waals surface area contributed by atoms with Gasteiger partial charge in [-0.1, -0.05) is 0 Å². The smallest absolute Gasteiger partial charge is 0.0853 e. The van der Waals surface area contributed by atoms with E-state index in [4.69, 9.17) is 0 Å². The third-order valence-electron chi connectivity index (χ3n) is 1.06. The first-order valence-corrected chi connectivity index (χ1v) is 2.50. The predicted octanol–water partition coefficient (Wildman–Crippen LogP) is 0.490. The van der Waals surface area contributed by atoms with Gasteiger partial charge in [-0.2, -0.15) is 15.4 Å². The van der Waals surface area contributed by atoms with Gasteiger partial charge in [0.1, 0.15) is 0 Å². The van der Waals surface area contributed by atoms with Crippen LogP contribution in [-0.4, -0.2) is 15.4 Å². The lowest BCUT2D eigenvalue weighted by molar-refractivity contribution is 0.914. The molecule has 0 aliphatic carbocycles. The summed E-state index contributed by atoms with van der Waals surface area (Å²) in [4.78, 5) is 0. The molecule has 0 atom stereocenters. The Morgan fingerprint density at radius 3 is 2.62 bits per heavy atom. The molecule has 3 heteroatoms. The van der Waals surface area contributed by atoms with Gasteiger partial charge < -0.3 is 0 Å². The third kappa shape index (κ3) is 0.710. The van der Waals surface area contributed by atoms with Crippen molar-refractivity contribution in [1.82, 2.24) is 15.4 Å². The molecular weight excluding hydrogens is 102 g/mol. The molecule has 1 aromatic rings. The van der Waals surface area contributed by atoms with Gasteiger partial charge in [0.2, 0.25) is 0 Å². The Bertz CT molecular complexity index is 168.